The number of hydrogen-bond acceptors (Lipinski definition) is 6. The highest BCUT2D eigenvalue weighted by atomic mass is 16.5. The van der Waals surface area contributed by atoms with E-state index in [0.717, 1.165) is 50.5 Å². The Balaban J connectivity index is 1.78. The molecular formula is C34H52O6. The van der Waals surface area contributed by atoms with Gasteiger partial charge in [-0.1, -0.05) is 52.3 Å². The van der Waals surface area contributed by atoms with Crippen molar-refractivity contribution in [3.63, 3.8) is 0 Å². The van der Waals surface area contributed by atoms with Crippen LogP contribution in [0.25, 0.3) is 0 Å². The largest absolute Gasteiger partial charge is 0.462 e. The summed E-state index contributed by atoms with van der Waals surface area (Å²) in [6, 6.07) is 0. The van der Waals surface area contributed by atoms with E-state index in [1.165, 1.54) is 20.1 Å². The van der Waals surface area contributed by atoms with Crippen LogP contribution in [-0.4, -0.2) is 41.1 Å². The van der Waals surface area contributed by atoms with Crippen LogP contribution in [-0.2, 0) is 23.9 Å². The molecular weight excluding hydrogens is 504 g/mol. The predicted molar refractivity (Wildman–Crippen MR) is 155 cm³/mol. The molecule has 0 bridgehead atoms. The van der Waals surface area contributed by atoms with Crippen molar-refractivity contribution in [2.24, 2.45) is 45.3 Å². The predicted octanol–water partition coefficient (Wildman–Crippen LogP) is 6.60. The van der Waals surface area contributed by atoms with Crippen LogP contribution < -0.4 is 0 Å². The fourth-order valence-corrected chi connectivity index (χ4v) is 9.94. The van der Waals surface area contributed by atoms with E-state index >= 15 is 0 Å². The monoisotopic (exact) mass is 556 g/mol. The number of carbonyl (C=O) groups is 3. The van der Waals surface area contributed by atoms with E-state index in [0.29, 0.717) is 11.8 Å². The molecule has 4 aliphatic carbocycles. The zero-order valence-electron chi connectivity index (χ0n) is 26.2. The van der Waals surface area contributed by atoms with Crippen LogP contribution in [0.1, 0.15) is 107 Å². The van der Waals surface area contributed by atoms with Gasteiger partial charge in [-0.3, -0.25) is 9.59 Å². The molecule has 6 heteroatoms. The average Bonchev–Trinajstić information content (AvgIpc) is 3.10. The Labute approximate surface area is 241 Å². The fourth-order valence-electron chi connectivity index (χ4n) is 9.94. The highest BCUT2D eigenvalue weighted by molar-refractivity contribution is 5.69. The Bertz CT molecular complexity index is 1080. The second-order valence-corrected chi connectivity index (χ2v) is 15.1. The number of allylic oxidation sites excluding steroid dienone is 1. The number of aldehydes is 1. The maximum atomic E-state index is 13.5. The third-order valence-electron chi connectivity index (χ3n) is 12.0. The van der Waals surface area contributed by atoms with E-state index < -0.39 is 22.5 Å². The zero-order valence-corrected chi connectivity index (χ0v) is 26.2. The lowest BCUT2D eigenvalue weighted by Gasteiger charge is -2.66. The van der Waals surface area contributed by atoms with Gasteiger partial charge in [0, 0.05) is 30.6 Å². The van der Waals surface area contributed by atoms with Gasteiger partial charge in [0.05, 0.1) is 5.60 Å². The molecule has 0 spiro atoms. The van der Waals surface area contributed by atoms with Gasteiger partial charge < -0.3 is 19.4 Å². The number of rotatable bonds is 7. The summed E-state index contributed by atoms with van der Waals surface area (Å²) in [6.07, 6.45) is 12.8. The lowest BCUT2D eigenvalue weighted by molar-refractivity contribution is -0.195. The Morgan fingerprint density at radius 3 is 2.25 bits per heavy atom. The van der Waals surface area contributed by atoms with E-state index in [2.05, 4.69) is 46.8 Å². The van der Waals surface area contributed by atoms with Crippen LogP contribution in [0, 0.1) is 45.3 Å². The van der Waals surface area contributed by atoms with Crippen LogP contribution in [0.2, 0.25) is 0 Å². The zero-order chi connectivity index (χ0) is 29.9. The SMILES string of the molecule is CC(=O)O[C@H]1C=C2[C@@H](CC[C@H](OC(C)=O)C2(C)C)[C@]2(C=O)CC[C@]3(C)C([C@H](C)C/C=C/C(C)(C)O)CC[C@@]3(C)[C@H]12. The van der Waals surface area contributed by atoms with Crippen molar-refractivity contribution in [2.45, 2.75) is 125 Å². The molecule has 3 fully saturated rings. The molecule has 6 nitrogen and oxygen atoms in total. The second kappa shape index (κ2) is 10.4. The van der Waals surface area contributed by atoms with Crippen LogP contribution in [0.4, 0.5) is 0 Å². The van der Waals surface area contributed by atoms with Crippen molar-refractivity contribution < 1.29 is 29.0 Å². The fraction of sp³-hybridized carbons (Fsp3) is 0.794. The third kappa shape index (κ3) is 4.90. The Kier molecular flexibility index (Phi) is 8.06. The van der Waals surface area contributed by atoms with E-state index in [-0.39, 0.29) is 40.7 Å². The number of ether oxygens (including phenoxy) is 2. The van der Waals surface area contributed by atoms with E-state index in [9.17, 15) is 19.5 Å². The summed E-state index contributed by atoms with van der Waals surface area (Å²) >= 11 is 0. The van der Waals surface area contributed by atoms with Crippen molar-refractivity contribution in [1.82, 2.24) is 0 Å². The van der Waals surface area contributed by atoms with Gasteiger partial charge in [0.1, 0.15) is 18.5 Å². The van der Waals surface area contributed by atoms with Crippen molar-refractivity contribution in [2.75, 3.05) is 0 Å². The Morgan fingerprint density at radius 2 is 1.68 bits per heavy atom. The topological polar surface area (TPSA) is 89.9 Å². The molecule has 1 unspecified atom stereocenters. The van der Waals surface area contributed by atoms with E-state index in [4.69, 9.17) is 9.47 Å². The number of aliphatic hydroxyl groups is 1. The molecule has 0 aliphatic heterocycles. The van der Waals surface area contributed by atoms with Gasteiger partial charge in [-0.2, -0.15) is 0 Å². The Hall–Kier alpha value is -1.95. The molecule has 0 amide bonds. The molecule has 4 aliphatic rings. The first-order chi connectivity index (χ1) is 18.4. The smallest absolute Gasteiger partial charge is 0.303 e. The quantitative estimate of drug-likeness (QED) is 0.216. The minimum atomic E-state index is -0.826. The second-order valence-electron chi connectivity index (χ2n) is 15.1. The van der Waals surface area contributed by atoms with Crippen LogP contribution in [0.15, 0.2) is 23.8 Å². The molecule has 0 saturated heterocycles. The molecule has 0 radical (unpaired) electrons. The van der Waals surface area contributed by atoms with Crippen molar-refractivity contribution in [3.8, 4) is 0 Å². The van der Waals surface area contributed by atoms with Gasteiger partial charge in [-0.15, -0.1) is 0 Å². The lowest BCUT2D eigenvalue weighted by atomic mass is 9.38. The molecule has 40 heavy (non-hydrogen) atoms. The molecule has 0 aromatic rings. The number of fused-ring (bicyclic) bond motifs is 5. The average molecular weight is 557 g/mol. The minimum absolute atomic E-state index is 0.0135. The van der Waals surface area contributed by atoms with Crippen molar-refractivity contribution >= 4 is 18.2 Å². The molecule has 0 heterocycles. The van der Waals surface area contributed by atoms with Crippen LogP contribution in [0.3, 0.4) is 0 Å². The summed E-state index contributed by atoms with van der Waals surface area (Å²) in [6.45, 7) is 17.8. The summed E-state index contributed by atoms with van der Waals surface area (Å²) in [7, 11) is 0. The number of carbonyl (C=O) groups excluding carboxylic acids is 3. The summed E-state index contributed by atoms with van der Waals surface area (Å²) in [4.78, 5) is 37.9. The summed E-state index contributed by atoms with van der Waals surface area (Å²) < 4.78 is 11.9. The molecule has 9 atom stereocenters. The molecule has 4 rings (SSSR count). The standard InChI is InChI=1S/C34H52O6/c1-21(11-10-15-30(4,5)38)24-14-16-33(9)29-27(39-22(2)36)19-26-25(34(29,20-35)18-17-32(24,33)8)12-13-28(31(26,6)7)40-23(3)37/h10,15,19-21,24-25,27-29,38H,11-14,16-18H2,1-9H3/b15-10+/t21-,24?,25-,27+,28+,29+,32-,33+,34-/m1/s1. The number of hydrogen-bond donors (Lipinski definition) is 1. The molecule has 1 N–H and O–H groups in total. The van der Waals surface area contributed by atoms with Crippen molar-refractivity contribution in [3.05, 3.63) is 23.8 Å². The summed E-state index contributed by atoms with van der Waals surface area (Å²) in [5.41, 5.74) is -1.02. The van der Waals surface area contributed by atoms with Gasteiger partial charge in [0.15, 0.2) is 0 Å². The van der Waals surface area contributed by atoms with Crippen LogP contribution >= 0.6 is 0 Å². The van der Waals surface area contributed by atoms with Gasteiger partial charge >= 0.3 is 11.9 Å². The maximum Gasteiger partial charge on any atom is 0.303 e. The van der Waals surface area contributed by atoms with Gasteiger partial charge in [-0.05, 0) is 93.5 Å². The first-order valence-corrected chi connectivity index (χ1v) is 15.4. The molecule has 224 valence electrons. The van der Waals surface area contributed by atoms with Gasteiger partial charge in [0.25, 0.3) is 0 Å². The van der Waals surface area contributed by atoms with Crippen molar-refractivity contribution in [1.29, 1.82) is 0 Å². The van der Waals surface area contributed by atoms with Crippen LogP contribution in [0.5, 0.6) is 0 Å². The normalized spacial score (nSPS) is 41.2. The minimum Gasteiger partial charge on any atom is -0.462 e. The highest BCUT2D eigenvalue weighted by Crippen LogP contribution is 2.75. The molecule has 3 saturated carbocycles. The van der Waals surface area contributed by atoms with E-state index in [1.54, 1.807) is 13.8 Å². The molecule has 0 aromatic carbocycles. The lowest BCUT2D eigenvalue weighted by Crippen LogP contribution is -2.65. The Morgan fingerprint density at radius 1 is 1.02 bits per heavy atom. The van der Waals surface area contributed by atoms with Gasteiger partial charge in [0.2, 0.25) is 0 Å². The summed E-state index contributed by atoms with van der Waals surface area (Å²) in [5, 5.41) is 10.2. The third-order valence-corrected chi connectivity index (χ3v) is 12.0. The maximum absolute atomic E-state index is 13.5. The van der Waals surface area contributed by atoms with E-state index in [1.807, 2.05) is 6.08 Å². The number of esters is 2. The highest BCUT2D eigenvalue weighted by Gasteiger charge is 2.71. The summed E-state index contributed by atoms with van der Waals surface area (Å²) in [5.74, 6) is 0.190. The molecule has 0 aromatic heterocycles. The first-order valence-electron chi connectivity index (χ1n) is 15.4. The van der Waals surface area contributed by atoms with Gasteiger partial charge in [-0.25, -0.2) is 0 Å². The first kappa shape index (κ1) is 31.0.